The van der Waals surface area contributed by atoms with Crippen LogP contribution in [0.2, 0.25) is 0 Å². The van der Waals surface area contributed by atoms with Crippen molar-refractivity contribution in [3.05, 3.63) is 18.0 Å². The van der Waals surface area contributed by atoms with Crippen molar-refractivity contribution < 1.29 is 12.9 Å². The molecule has 1 aromatic heterocycles. The molecular formula is C16H30IN5O3S2. The number of nitrogens with one attached hydrogen (secondary N) is 1. The van der Waals surface area contributed by atoms with Crippen LogP contribution in [0, 0.1) is 0 Å². The fraction of sp³-hybridized carbons (Fsp3) is 0.750. The number of piperazine rings is 1. The Morgan fingerprint density at radius 2 is 2.04 bits per heavy atom. The summed E-state index contributed by atoms with van der Waals surface area (Å²) in [5.74, 6) is 0.725. The second-order valence-electron chi connectivity index (χ2n) is 6.77. The lowest BCUT2D eigenvalue weighted by atomic mass is 10.2. The normalized spacial score (nSPS) is 16.9. The molecule has 27 heavy (non-hydrogen) atoms. The Bertz CT molecular complexity index is 687. The van der Waals surface area contributed by atoms with Gasteiger partial charge in [-0.15, -0.1) is 24.0 Å². The Kier molecular flexibility index (Phi) is 9.86. The third kappa shape index (κ3) is 7.42. The quantitative estimate of drug-likeness (QED) is 0.326. The van der Waals surface area contributed by atoms with Crippen molar-refractivity contribution >= 4 is 51.7 Å². The molecule has 1 aliphatic rings. The van der Waals surface area contributed by atoms with Crippen LogP contribution in [0.25, 0.3) is 0 Å². The first-order valence-electron chi connectivity index (χ1n) is 8.73. The first-order valence-corrected chi connectivity index (χ1v) is 11.6. The van der Waals surface area contributed by atoms with Crippen molar-refractivity contribution in [3.8, 4) is 0 Å². The highest BCUT2D eigenvalue weighted by molar-refractivity contribution is 14.0. The van der Waals surface area contributed by atoms with Crippen LogP contribution in [0.4, 0.5) is 0 Å². The van der Waals surface area contributed by atoms with E-state index in [2.05, 4.69) is 35.5 Å². The fourth-order valence-electron chi connectivity index (χ4n) is 2.52. The minimum atomic E-state index is -3.39. The van der Waals surface area contributed by atoms with Gasteiger partial charge in [0.15, 0.2) is 5.96 Å². The van der Waals surface area contributed by atoms with Crippen LogP contribution < -0.4 is 5.32 Å². The fourth-order valence-corrected chi connectivity index (χ4v) is 4.14. The third-order valence-corrected chi connectivity index (χ3v) is 7.30. The van der Waals surface area contributed by atoms with Gasteiger partial charge in [0.2, 0.25) is 10.0 Å². The predicted octanol–water partition coefficient (Wildman–Crippen LogP) is 1.85. The van der Waals surface area contributed by atoms with Gasteiger partial charge in [-0.25, -0.2) is 8.42 Å². The SMILES string of the molecule is CCNC(=NCC(C)(C)SC)N1CCN(S(=O)(=O)Cc2ccon2)CC1.I. The summed E-state index contributed by atoms with van der Waals surface area (Å²) in [6.45, 7) is 9.97. The number of hydrogen-bond donors (Lipinski definition) is 1. The lowest BCUT2D eigenvalue weighted by molar-refractivity contribution is 0.259. The first kappa shape index (κ1) is 24.5. The van der Waals surface area contributed by atoms with Crippen molar-refractivity contribution in [3.63, 3.8) is 0 Å². The lowest BCUT2D eigenvalue weighted by Gasteiger charge is -2.36. The molecule has 1 aliphatic heterocycles. The summed E-state index contributed by atoms with van der Waals surface area (Å²) in [5.41, 5.74) is 0.432. The van der Waals surface area contributed by atoms with E-state index in [0.29, 0.717) is 38.4 Å². The van der Waals surface area contributed by atoms with E-state index in [1.165, 1.54) is 10.6 Å². The van der Waals surface area contributed by atoms with Gasteiger partial charge in [0.05, 0.1) is 12.2 Å². The molecule has 0 saturated carbocycles. The summed E-state index contributed by atoms with van der Waals surface area (Å²) in [6, 6.07) is 1.58. The summed E-state index contributed by atoms with van der Waals surface area (Å²) in [5, 5.41) is 7.01. The molecule has 0 bridgehead atoms. The zero-order chi connectivity index (χ0) is 19.2. The second-order valence-corrected chi connectivity index (χ2v) is 10.2. The highest BCUT2D eigenvalue weighted by Crippen LogP contribution is 2.21. The summed E-state index contributed by atoms with van der Waals surface area (Å²) in [7, 11) is -3.39. The molecule has 0 amide bonds. The Morgan fingerprint density at radius 1 is 1.37 bits per heavy atom. The number of thioether (sulfide) groups is 1. The topological polar surface area (TPSA) is 91.0 Å². The second kappa shape index (κ2) is 10.9. The van der Waals surface area contributed by atoms with Crippen molar-refractivity contribution in [1.82, 2.24) is 19.7 Å². The van der Waals surface area contributed by atoms with E-state index in [-0.39, 0.29) is 34.5 Å². The number of rotatable bonds is 7. The van der Waals surface area contributed by atoms with Crippen LogP contribution in [-0.4, -0.2) is 79.0 Å². The Balaban J connectivity index is 0.00000364. The molecular weight excluding hydrogens is 501 g/mol. The molecule has 2 heterocycles. The standard InChI is InChI=1S/C16H29N5O3S2.HI/c1-5-17-15(18-13-16(2,3)25-4)20-7-9-21(10-8-20)26(22,23)12-14-6-11-24-19-14;/h6,11H,5,7-10,12-13H2,1-4H3,(H,17,18);1H. The van der Waals surface area contributed by atoms with Gasteiger partial charge >= 0.3 is 0 Å². The highest BCUT2D eigenvalue weighted by atomic mass is 127. The average Bonchev–Trinajstić information content (AvgIpc) is 3.11. The van der Waals surface area contributed by atoms with Crippen molar-refractivity contribution in [2.75, 3.05) is 45.5 Å². The van der Waals surface area contributed by atoms with Crippen LogP contribution in [-0.2, 0) is 15.8 Å². The zero-order valence-corrected chi connectivity index (χ0v) is 20.3. The van der Waals surface area contributed by atoms with E-state index in [0.717, 1.165) is 12.5 Å². The summed E-state index contributed by atoms with van der Waals surface area (Å²) in [6.07, 6.45) is 3.47. The molecule has 0 aromatic carbocycles. The number of nitrogens with zero attached hydrogens (tertiary/aromatic N) is 4. The van der Waals surface area contributed by atoms with Crippen molar-refractivity contribution in [2.24, 2.45) is 4.99 Å². The molecule has 2 rings (SSSR count). The molecule has 11 heteroatoms. The van der Waals surface area contributed by atoms with Gasteiger partial charge in [-0.2, -0.15) is 16.1 Å². The van der Waals surface area contributed by atoms with E-state index in [1.54, 1.807) is 17.8 Å². The smallest absolute Gasteiger partial charge is 0.220 e. The number of hydrogen-bond acceptors (Lipinski definition) is 6. The summed E-state index contributed by atoms with van der Waals surface area (Å²) < 4.78 is 31.4. The Hall–Kier alpha value is -0.530. The number of guanidine groups is 1. The van der Waals surface area contributed by atoms with Gasteiger partial charge in [0.1, 0.15) is 12.0 Å². The number of aromatic nitrogens is 1. The van der Waals surface area contributed by atoms with E-state index < -0.39 is 10.0 Å². The van der Waals surface area contributed by atoms with E-state index >= 15 is 0 Å². The van der Waals surface area contributed by atoms with E-state index in [9.17, 15) is 8.42 Å². The molecule has 8 nitrogen and oxygen atoms in total. The minimum Gasteiger partial charge on any atom is -0.364 e. The highest BCUT2D eigenvalue weighted by Gasteiger charge is 2.29. The molecule has 1 aromatic rings. The average molecular weight is 531 g/mol. The maximum absolute atomic E-state index is 12.5. The zero-order valence-electron chi connectivity index (χ0n) is 16.3. The lowest BCUT2D eigenvalue weighted by Crippen LogP contribution is -2.54. The van der Waals surface area contributed by atoms with Gasteiger partial charge in [0.25, 0.3) is 0 Å². The molecule has 0 unspecified atom stereocenters. The van der Waals surface area contributed by atoms with E-state index in [1.807, 2.05) is 6.92 Å². The van der Waals surface area contributed by atoms with E-state index in [4.69, 9.17) is 9.52 Å². The maximum Gasteiger partial charge on any atom is 0.220 e. The minimum absolute atomic E-state index is 0. The number of sulfonamides is 1. The molecule has 1 fully saturated rings. The maximum atomic E-state index is 12.5. The van der Waals surface area contributed by atoms with Gasteiger partial charge in [0, 0.05) is 43.5 Å². The van der Waals surface area contributed by atoms with Crippen LogP contribution in [0.15, 0.2) is 21.8 Å². The van der Waals surface area contributed by atoms with Gasteiger partial charge in [-0.1, -0.05) is 5.16 Å². The van der Waals surface area contributed by atoms with Crippen LogP contribution >= 0.6 is 35.7 Å². The van der Waals surface area contributed by atoms with Crippen LogP contribution in [0.3, 0.4) is 0 Å². The Morgan fingerprint density at radius 3 is 2.56 bits per heavy atom. The van der Waals surface area contributed by atoms with Crippen molar-refractivity contribution in [2.45, 2.75) is 31.3 Å². The molecule has 156 valence electrons. The van der Waals surface area contributed by atoms with Gasteiger partial charge in [-0.05, 0) is 27.0 Å². The third-order valence-electron chi connectivity index (χ3n) is 4.25. The largest absolute Gasteiger partial charge is 0.364 e. The summed E-state index contributed by atoms with van der Waals surface area (Å²) >= 11 is 1.78. The molecule has 0 spiro atoms. The Labute approximate surface area is 183 Å². The predicted molar refractivity (Wildman–Crippen MR) is 121 cm³/mol. The monoisotopic (exact) mass is 531 g/mol. The van der Waals surface area contributed by atoms with Crippen molar-refractivity contribution in [1.29, 1.82) is 0 Å². The van der Waals surface area contributed by atoms with Gasteiger partial charge < -0.3 is 14.7 Å². The van der Waals surface area contributed by atoms with Gasteiger partial charge in [-0.3, -0.25) is 4.99 Å². The molecule has 1 saturated heterocycles. The molecule has 0 atom stereocenters. The number of halogens is 1. The van der Waals surface area contributed by atoms with Crippen LogP contribution in [0.5, 0.6) is 0 Å². The first-order chi connectivity index (χ1) is 12.3. The van der Waals surface area contributed by atoms with Crippen LogP contribution in [0.1, 0.15) is 26.5 Å². The molecule has 0 radical (unpaired) electrons. The molecule has 1 N–H and O–H groups in total. The molecule has 0 aliphatic carbocycles. The number of aliphatic imine (C=N–C) groups is 1. The summed E-state index contributed by atoms with van der Waals surface area (Å²) in [4.78, 5) is 6.87.